The molecule has 0 fully saturated rings. The quantitative estimate of drug-likeness (QED) is 0.359. The molecule has 0 aliphatic carbocycles. The smallest absolute Gasteiger partial charge is 0.323 e. The van der Waals surface area contributed by atoms with E-state index in [1.807, 2.05) is 25.1 Å². The molecule has 0 spiro atoms. The number of ether oxygens (including phenoxy) is 1. The summed E-state index contributed by atoms with van der Waals surface area (Å²) >= 11 is 0. The Morgan fingerprint density at radius 3 is 2.57 bits per heavy atom. The topological polar surface area (TPSA) is 29.5 Å². The largest absolute Gasteiger partial charge is 0.465 e. The predicted octanol–water partition coefficient (Wildman–Crippen LogP) is 4.58. The molecule has 1 atom stereocenters. The van der Waals surface area contributed by atoms with Crippen LogP contribution in [0.2, 0.25) is 0 Å². The van der Waals surface area contributed by atoms with Crippen molar-refractivity contribution in [3.8, 4) is 0 Å². The van der Waals surface area contributed by atoms with Crippen LogP contribution in [0, 0.1) is 0 Å². The monoisotopic (exact) mass is 317 g/mol. The van der Waals surface area contributed by atoms with Gasteiger partial charge in [0.2, 0.25) is 0 Å². The number of nitrogens with zero attached hydrogens (tertiary/aromatic N) is 1. The summed E-state index contributed by atoms with van der Waals surface area (Å²) in [6.07, 6.45) is 5.12. The van der Waals surface area contributed by atoms with Crippen LogP contribution < -0.4 is 0 Å². The second kappa shape index (κ2) is 11.0. The van der Waals surface area contributed by atoms with Crippen LogP contribution >= 0.6 is 0 Å². The van der Waals surface area contributed by atoms with E-state index in [1.165, 1.54) is 11.1 Å². The summed E-state index contributed by atoms with van der Waals surface area (Å²) in [4.78, 5) is 14.5. The summed E-state index contributed by atoms with van der Waals surface area (Å²) in [7, 11) is 0. The van der Waals surface area contributed by atoms with Gasteiger partial charge in [-0.25, -0.2) is 0 Å². The lowest BCUT2D eigenvalue weighted by Crippen LogP contribution is -2.40. The zero-order chi connectivity index (χ0) is 17.1. The van der Waals surface area contributed by atoms with Crippen molar-refractivity contribution in [1.82, 2.24) is 4.90 Å². The van der Waals surface area contributed by atoms with Crippen LogP contribution in [-0.2, 0) is 16.1 Å². The Bertz CT molecular complexity index is 478. The number of carbonyl (C=O) groups is 1. The van der Waals surface area contributed by atoms with Gasteiger partial charge in [-0.15, -0.1) is 0 Å². The van der Waals surface area contributed by atoms with Crippen molar-refractivity contribution >= 4 is 5.97 Å². The van der Waals surface area contributed by atoms with Crippen LogP contribution in [-0.4, -0.2) is 30.1 Å². The Labute approximate surface area is 141 Å². The molecule has 0 heterocycles. The number of carbonyl (C=O) groups excluding carboxylic acids is 1. The fourth-order valence-corrected chi connectivity index (χ4v) is 2.33. The highest BCUT2D eigenvalue weighted by atomic mass is 16.5. The minimum Gasteiger partial charge on any atom is -0.465 e. The first-order valence-electron chi connectivity index (χ1n) is 8.62. The number of rotatable bonds is 10. The van der Waals surface area contributed by atoms with Gasteiger partial charge >= 0.3 is 5.97 Å². The van der Waals surface area contributed by atoms with E-state index < -0.39 is 0 Å². The number of esters is 1. The van der Waals surface area contributed by atoms with Crippen molar-refractivity contribution in [3.05, 3.63) is 47.5 Å². The highest BCUT2D eigenvalue weighted by molar-refractivity contribution is 5.75. The fourth-order valence-electron chi connectivity index (χ4n) is 2.33. The van der Waals surface area contributed by atoms with Gasteiger partial charge in [-0.3, -0.25) is 9.69 Å². The Morgan fingerprint density at radius 1 is 1.26 bits per heavy atom. The standard InChI is InChI=1S/C20H31NO2/c1-5-6-15-23-20(22)18(4)21(14-10-11-17(2)3)16-19-12-8-7-9-13-19/h7-9,11-13,18H,5-6,10,14-16H2,1-4H3/t18-/m0/s1. The Balaban J connectivity index is 2.68. The first-order valence-corrected chi connectivity index (χ1v) is 8.62. The van der Waals surface area contributed by atoms with Crippen molar-refractivity contribution in [2.45, 2.75) is 59.5 Å². The van der Waals surface area contributed by atoms with Crippen molar-refractivity contribution in [3.63, 3.8) is 0 Å². The maximum Gasteiger partial charge on any atom is 0.323 e. The molecule has 3 heteroatoms. The molecule has 0 aliphatic heterocycles. The Kier molecular flexibility index (Phi) is 9.30. The normalized spacial score (nSPS) is 12.0. The van der Waals surface area contributed by atoms with Gasteiger partial charge < -0.3 is 4.74 Å². The third-order valence-electron chi connectivity index (χ3n) is 3.83. The predicted molar refractivity (Wildman–Crippen MR) is 96.2 cm³/mol. The highest BCUT2D eigenvalue weighted by Crippen LogP contribution is 2.11. The molecule has 1 aromatic rings. The van der Waals surface area contributed by atoms with Gasteiger partial charge in [0.25, 0.3) is 0 Å². The first-order chi connectivity index (χ1) is 11.0. The molecule has 0 aromatic heterocycles. The Hall–Kier alpha value is -1.61. The summed E-state index contributed by atoms with van der Waals surface area (Å²) in [5.41, 5.74) is 2.53. The summed E-state index contributed by atoms with van der Waals surface area (Å²) in [6.45, 7) is 10.4. The molecular weight excluding hydrogens is 286 g/mol. The van der Waals surface area contributed by atoms with Crippen LogP contribution in [0.3, 0.4) is 0 Å². The van der Waals surface area contributed by atoms with Gasteiger partial charge in [0, 0.05) is 13.1 Å². The van der Waals surface area contributed by atoms with Crippen molar-refractivity contribution < 1.29 is 9.53 Å². The molecule has 0 radical (unpaired) electrons. The average molecular weight is 317 g/mol. The molecule has 0 bridgehead atoms. The second-order valence-corrected chi connectivity index (χ2v) is 6.22. The number of hydrogen-bond donors (Lipinski definition) is 0. The zero-order valence-corrected chi connectivity index (χ0v) is 15.0. The summed E-state index contributed by atoms with van der Waals surface area (Å²) < 4.78 is 5.39. The molecule has 128 valence electrons. The summed E-state index contributed by atoms with van der Waals surface area (Å²) in [6, 6.07) is 10.1. The van der Waals surface area contributed by atoms with Crippen LogP contribution in [0.1, 0.15) is 52.5 Å². The van der Waals surface area contributed by atoms with Crippen molar-refractivity contribution in [2.75, 3.05) is 13.2 Å². The molecule has 1 rings (SSSR count). The average Bonchev–Trinajstić information content (AvgIpc) is 2.54. The van der Waals surface area contributed by atoms with Crippen LogP contribution in [0.4, 0.5) is 0 Å². The van der Waals surface area contributed by atoms with Crippen LogP contribution in [0.15, 0.2) is 42.0 Å². The fraction of sp³-hybridized carbons (Fsp3) is 0.550. The molecule has 0 amide bonds. The van der Waals surface area contributed by atoms with E-state index in [-0.39, 0.29) is 12.0 Å². The van der Waals surface area contributed by atoms with E-state index in [0.717, 1.165) is 32.4 Å². The van der Waals surface area contributed by atoms with Gasteiger partial charge in [0.15, 0.2) is 0 Å². The number of allylic oxidation sites excluding steroid dienone is 1. The van der Waals surface area contributed by atoms with Gasteiger partial charge in [0.05, 0.1) is 6.61 Å². The lowest BCUT2D eigenvalue weighted by Gasteiger charge is -2.27. The number of unbranched alkanes of at least 4 members (excludes halogenated alkanes) is 1. The lowest BCUT2D eigenvalue weighted by molar-refractivity contribution is -0.149. The maximum atomic E-state index is 12.3. The first kappa shape index (κ1) is 19.4. The third-order valence-corrected chi connectivity index (χ3v) is 3.83. The van der Waals surface area contributed by atoms with E-state index in [1.54, 1.807) is 0 Å². The molecule has 0 saturated carbocycles. The molecule has 0 aliphatic rings. The molecule has 0 unspecified atom stereocenters. The molecule has 0 N–H and O–H groups in total. The van der Waals surface area contributed by atoms with E-state index in [9.17, 15) is 4.79 Å². The second-order valence-electron chi connectivity index (χ2n) is 6.22. The van der Waals surface area contributed by atoms with Crippen molar-refractivity contribution in [1.29, 1.82) is 0 Å². The van der Waals surface area contributed by atoms with E-state index >= 15 is 0 Å². The summed E-state index contributed by atoms with van der Waals surface area (Å²) in [5.74, 6) is -0.119. The Morgan fingerprint density at radius 2 is 1.96 bits per heavy atom. The van der Waals surface area contributed by atoms with Gasteiger partial charge in [0.1, 0.15) is 6.04 Å². The lowest BCUT2D eigenvalue weighted by atomic mass is 10.1. The van der Waals surface area contributed by atoms with Gasteiger partial charge in [-0.05, 0) is 39.2 Å². The highest BCUT2D eigenvalue weighted by Gasteiger charge is 2.22. The molecule has 1 aromatic carbocycles. The van der Waals surface area contributed by atoms with E-state index in [4.69, 9.17) is 4.74 Å². The van der Waals surface area contributed by atoms with Crippen LogP contribution in [0.5, 0.6) is 0 Å². The van der Waals surface area contributed by atoms with Gasteiger partial charge in [-0.2, -0.15) is 0 Å². The maximum absolute atomic E-state index is 12.3. The number of hydrogen-bond acceptors (Lipinski definition) is 3. The van der Waals surface area contributed by atoms with E-state index in [0.29, 0.717) is 6.61 Å². The van der Waals surface area contributed by atoms with E-state index in [2.05, 4.69) is 43.9 Å². The molecule has 3 nitrogen and oxygen atoms in total. The number of benzene rings is 1. The van der Waals surface area contributed by atoms with Crippen LogP contribution in [0.25, 0.3) is 0 Å². The SMILES string of the molecule is CCCCOC(=O)[C@H](C)N(CCC=C(C)C)Cc1ccccc1. The van der Waals surface area contributed by atoms with Gasteiger partial charge in [-0.1, -0.05) is 55.3 Å². The minimum atomic E-state index is -0.224. The van der Waals surface area contributed by atoms with Crippen molar-refractivity contribution in [2.24, 2.45) is 0 Å². The molecule has 0 saturated heterocycles. The molecule has 23 heavy (non-hydrogen) atoms. The minimum absolute atomic E-state index is 0.119. The summed E-state index contributed by atoms with van der Waals surface area (Å²) in [5, 5.41) is 0. The molecular formula is C20H31NO2. The third kappa shape index (κ3) is 7.98. The zero-order valence-electron chi connectivity index (χ0n) is 15.0.